The molecule has 2 heterocycles. The average Bonchev–Trinajstić information content (AvgIpc) is 2.89. The fourth-order valence-electron chi connectivity index (χ4n) is 5.69. The number of H-pyrrole nitrogens is 2. The van der Waals surface area contributed by atoms with Crippen LogP contribution in [0.2, 0.25) is 5.15 Å². The normalized spacial score (nSPS) is 17.7. The molecule has 0 radical (unpaired) electrons. The van der Waals surface area contributed by atoms with E-state index in [4.69, 9.17) is 17.3 Å². The van der Waals surface area contributed by atoms with Crippen LogP contribution in [0.3, 0.4) is 0 Å². The Morgan fingerprint density at radius 1 is 0.732 bits per heavy atom. The van der Waals surface area contributed by atoms with E-state index >= 15 is 0 Å². The number of nitrogens with one attached hydrogen (secondary N) is 3. The largest absolute Gasteiger partial charge is 0.369 e. The second-order valence-electron chi connectivity index (χ2n) is 12.1. The summed E-state index contributed by atoms with van der Waals surface area (Å²) < 4.78 is 2.34. The van der Waals surface area contributed by atoms with E-state index < -0.39 is 5.69 Å². The molecular weight excluding hydrogens is 544 g/mol. The molecule has 11 heteroatoms. The van der Waals surface area contributed by atoms with Gasteiger partial charge in [-0.05, 0) is 79.1 Å². The first-order valence-electron chi connectivity index (χ1n) is 15.2. The molecule has 0 bridgehead atoms. The van der Waals surface area contributed by atoms with E-state index in [0.29, 0.717) is 17.8 Å². The summed E-state index contributed by atoms with van der Waals surface area (Å²) >= 11 is 5.46. The molecule has 41 heavy (non-hydrogen) atoms. The molecule has 0 spiro atoms. The number of hydrogen-bond acceptors (Lipinski definition) is 6. The lowest BCUT2D eigenvalue weighted by atomic mass is 9.84. The van der Waals surface area contributed by atoms with Crippen molar-refractivity contribution in [2.45, 2.75) is 130 Å². The van der Waals surface area contributed by atoms with E-state index in [0.717, 1.165) is 10.5 Å². The van der Waals surface area contributed by atoms with Crippen molar-refractivity contribution in [3.8, 4) is 0 Å². The Balaban J connectivity index is 0.000000237. The summed E-state index contributed by atoms with van der Waals surface area (Å²) in [5.74, 6) is 1.99. The standard InChI is InChI=1S/C15H25N3O2.C8H17N.C7H9ClN2O2/c1-10(2)18-14(19)9-13(17-15(18)20)16-11(3)12-7-5-4-6-8-12;1-7(9)8-5-3-2-4-6-8;1-4(2)10-6(11)3-5(8)9-7(10)12/h9-12,16H,4-8H2,1-3H3,(H,17,20);7-8H,2-6,9H2,1H3;3-4H,1-2H3,(H,9,12)/t11-;7-;/m00./s1. The molecule has 232 valence electrons. The Kier molecular flexibility index (Phi) is 14.1. The van der Waals surface area contributed by atoms with Crippen molar-refractivity contribution >= 4 is 17.4 Å². The van der Waals surface area contributed by atoms with Crippen molar-refractivity contribution in [1.29, 1.82) is 0 Å². The molecule has 0 unspecified atom stereocenters. The summed E-state index contributed by atoms with van der Waals surface area (Å²) in [6, 6.07) is 3.10. The predicted octanol–water partition coefficient (Wildman–Crippen LogP) is 5.18. The third-order valence-electron chi connectivity index (χ3n) is 8.06. The topological polar surface area (TPSA) is 148 Å². The van der Waals surface area contributed by atoms with Crippen LogP contribution >= 0.6 is 11.6 Å². The fourth-order valence-corrected chi connectivity index (χ4v) is 5.87. The number of nitrogens with zero attached hydrogens (tertiary/aromatic N) is 2. The van der Waals surface area contributed by atoms with Crippen molar-refractivity contribution in [2.24, 2.45) is 17.6 Å². The van der Waals surface area contributed by atoms with Gasteiger partial charge in [0.05, 0.1) is 0 Å². The van der Waals surface area contributed by atoms with E-state index in [1.54, 1.807) is 13.8 Å². The molecule has 4 rings (SSSR count). The molecule has 2 atom stereocenters. The van der Waals surface area contributed by atoms with Gasteiger partial charge in [0.1, 0.15) is 11.0 Å². The number of aromatic nitrogens is 4. The molecule has 0 aliphatic heterocycles. The molecule has 2 aromatic heterocycles. The van der Waals surface area contributed by atoms with Crippen LogP contribution in [0.25, 0.3) is 0 Å². The number of hydrogen-bond donors (Lipinski definition) is 4. The maximum atomic E-state index is 12.0. The Hall–Kier alpha value is -2.59. The second-order valence-corrected chi connectivity index (χ2v) is 12.5. The number of nitrogens with two attached hydrogens (primary N) is 1. The Morgan fingerprint density at radius 2 is 1.17 bits per heavy atom. The molecule has 0 aromatic carbocycles. The maximum Gasteiger partial charge on any atom is 0.330 e. The first-order valence-corrected chi connectivity index (χ1v) is 15.6. The third kappa shape index (κ3) is 11.0. The zero-order valence-electron chi connectivity index (χ0n) is 25.7. The van der Waals surface area contributed by atoms with Crippen molar-refractivity contribution in [2.75, 3.05) is 5.32 Å². The van der Waals surface area contributed by atoms with Gasteiger partial charge in [-0.3, -0.25) is 28.7 Å². The first-order chi connectivity index (χ1) is 19.3. The van der Waals surface area contributed by atoms with Gasteiger partial charge < -0.3 is 11.1 Å². The molecule has 2 aromatic rings. The van der Waals surface area contributed by atoms with E-state index in [1.165, 1.54) is 80.9 Å². The van der Waals surface area contributed by atoms with Gasteiger partial charge in [0, 0.05) is 36.3 Å². The summed E-state index contributed by atoms with van der Waals surface area (Å²) in [6.45, 7) is 11.4. The SMILES string of the molecule is CC(C)n1c(=O)cc(Cl)[nH]c1=O.CC(C)n1c(=O)cc(N[C@@H](C)C2CCCCC2)[nH]c1=O.C[C@H](N)C1CCCCC1. The van der Waals surface area contributed by atoms with Crippen molar-refractivity contribution in [3.63, 3.8) is 0 Å². The molecule has 2 aliphatic rings. The number of rotatable bonds is 6. The van der Waals surface area contributed by atoms with Gasteiger partial charge in [-0.2, -0.15) is 0 Å². The van der Waals surface area contributed by atoms with Crippen LogP contribution < -0.4 is 33.5 Å². The Bertz CT molecular complexity index is 1240. The van der Waals surface area contributed by atoms with E-state index in [-0.39, 0.29) is 40.1 Å². The first kappa shape index (κ1) is 34.6. The van der Waals surface area contributed by atoms with Gasteiger partial charge in [-0.1, -0.05) is 50.1 Å². The molecule has 0 amide bonds. The lowest BCUT2D eigenvalue weighted by Crippen LogP contribution is -2.37. The van der Waals surface area contributed by atoms with Gasteiger partial charge in [0.15, 0.2) is 0 Å². The summed E-state index contributed by atoms with van der Waals surface area (Å²) in [7, 11) is 0. The van der Waals surface area contributed by atoms with Gasteiger partial charge in [0.2, 0.25) is 0 Å². The van der Waals surface area contributed by atoms with Crippen LogP contribution in [0.5, 0.6) is 0 Å². The summed E-state index contributed by atoms with van der Waals surface area (Å²) in [4.78, 5) is 51.3. The van der Waals surface area contributed by atoms with Crippen LogP contribution in [0, 0.1) is 11.8 Å². The monoisotopic (exact) mass is 594 g/mol. The van der Waals surface area contributed by atoms with Crippen molar-refractivity contribution < 1.29 is 0 Å². The molecule has 5 N–H and O–H groups in total. The summed E-state index contributed by atoms with van der Waals surface area (Å²) in [5.41, 5.74) is 4.33. The third-order valence-corrected chi connectivity index (χ3v) is 8.27. The molecule has 0 saturated heterocycles. The highest BCUT2D eigenvalue weighted by molar-refractivity contribution is 6.29. The number of aromatic amines is 2. The smallest absolute Gasteiger partial charge is 0.330 e. The lowest BCUT2D eigenvalue weighted by Gasteiger charge is -2.28. The Morgan fingerprint density at radius 3 is 1.56 bits per heavy atom. The lowest BCUT2D eigenvalue weighted by molar-refractivity contribution is 0.316. The maximum absolute atomic E-state index is 12.0. The average molecular weight is 595 g/mol. The van der Waals surface area contributed by atoms with E-state index in [2.05, 4.69) is 29.1 Å². The highest BCUT2D eigenvalue weighted by Crippen LogP contribution is 2.27. The second kappa shape index (κ2) is 16.8. The minimum Gasteiger partial charge on any atom is -0.369 e. The fraction of sp³-hybridized carbons (Fsp3) is 0.733. The molecular formula is C30H51ClN6O4. The van der Waals surface area contributed by atoms with Gasteiger partial charge in [-0.25, -0.2) is 9.59 Å². The van der Waals surface area contributed by atoms with Crippen LogP contribution in [0.1, 0.15) is 118 Å². The zero-order chi connectivity index (χ0) is 30.7. The minimum absolute atomic E-state index is 0.0712. The zero-order valence-corrected chi connectivity index (χ0v) is 26.4. The molecule has 10 nitrogen and oxygen atoms in total. The number of anilines is 1. The molecule has 2 saturated carbocycles. The van der Waals surface area contributed by atoms with E-state index in [9.17, 15) is 19.2 Å². The summed E-state index contributed by atoms with van der Waals surface area (Å²) in [5, 5.41) is 3.36. The molecule has 2 aliphatic carbocycles. The number of halogens is 1. The quantitative estimate of drug-likeness (QED) is 0.339. The van der Waals surface area contributed by atoms with Crippen LogP contribution in [-0.2, 0) is 0 Å². The van der Waals surface area contributed by atoms with Crippen molar-refractivity contribution in [3.05, 3.63) is 59.0 Å². The summed E-state index contributed by atoms with van der Waals surface area (Å²) in [6.07, 6.45) is 13.3. The van der Waals surface area contributed by atoms with Crippen LogP contribution in [0.15, 0.2) is 31.3 Å². The minimum atomic E-state index is -0.470. The van der Waals surface area contributed by atoms with Gasteiger partial charge >= 0.3 is 11.4 Å². The Labute approximate surface area is 248 Å². The van der Waals surface area contributed by atoms with Gasteiger partial charge in [-0.15, -0.1) is 0 Å². The highest BCUT2D eigenvalue weighted by atomic mass is 35.5. The predicted molar refractivity (Wildman–Crippen MR) is 168 cm³/mol. The van der Waals surface area contributed by atoms with E-state index in [1.807, 2.05) is 13.8 Å². The molecule has 2 fully saturated rings. The van der Waals surface area contributed by atoms with Crippen molar-refractivity contribution in [1.82, 2.24) is 19.1 Å². The van der Waals surface area contributed by atoms with Crippen LogP contribution in [-0.4, -0.2) is 31.2 Å². The van der Waals surface area contributed by atoms with Gasteiger partial charge in [0.25, 0.3) is 11.1 Å². The van der Waals surface area contributed by atoms with Crippen LogP contribution in [0.4, 0.5) is 5.82 Å². The highest BCUT2D eigenvalue weighted by Gasteiger charge is 2.20.